The van der Waals surface area contributed by atoms with Crippen LogP contribution in [0.25, 0.3) is 0 Å². The summed E-state index contributed by atoms with van der Waals surface area (Å²) < 4.78 is 5.33. The minimum absolute atomic E-state index is 0.0550. The molecular weight excluding hydrogens is 346 g/mol. The summed E-state index contributed by atoms with van der Waals surface area (Å²) in [6.45, 7) is 0.536. The van der Waals surface area contributed by atoms with Crippen LogP contribution in [0.2, 0.25) is 5.02 Å². The van der Waals surface area contributed by atoms with Gasteiger partial charge in [0.15, 0.2) is 0 Å². The maximum absolute atomic E-state index is 13.3. The predicted molar refractivity (Wildman–Crippen MR) is 104 cm³/mol. The minimum atomic E-state index is -0.373. The van der Waals surface area contributed by atoms with Gasteiger partial charge < -0.3 is 9.64 Å². The van der Waals surface area contributed by atoms with E-state index in [-0.39, 0.29) is 11.8 Å². The van der Waals surface area contributed by atoms with Crippen LogP contribution in [0.3, 0.4) is 0 Å². The molecule has 1 atom stereocenters. The van der Waals surface area contributed by atoms with E-state index < -0.39 is 0 Å². The van der Waals surface area contributed by atoms with Gasteiger partial charge in [0.2, 0.25) is 5.91 Å². The number of ether oxygens (including phenoxy) is 1. The number of carbonyl (C=O) groups is 1. The van der Waals surface area contributed by atoms with Gasteiger partial charge in [0.25, 0.3) is 0 Å². The van der Waals surface area contributed by atoms with Crippen molar-refractivity contribution in [2.75, 3.05) is 12.0 Å². The number of hydrogen-bond donors (Lipinski definition) is 0. The number of carbonyl (C=O) groups excluding carboxylic acids is 1. The summed E-state index contributed by atoms with van der Waals surface area (Å²) in [6.07, 6.45) is 0. The first kappa shape index (κ1) is 16.7. The zero-order chi connectivity index (χ0) is 18.1. The highest BCUT2D eigenvalue weighted by Gasteiger charge is 2.38. The molecule has 4 rings (SSSR count). The number of hydrogen-bond acceptors (Lipinski definition) is 2. The van der Waals surface area contributed by atoms with Crippen molar-refractivity contribution in [1.82, 2.24) is 0 Å². The molecule has 1 unspecified atom stereocenters. The number of anilines is 1. The fourth-order valence-corrected chi connectivity index (χ4v) is 3.66. The van der Waals surface area contributed by atoms with Crippen LogP contribution in [0.15, 0.2) is 72.8 Å². The topological polar surface area (TPSA) is 29.5 Å². The van der Waals surface area contributed by atoms with Crippen molar-refractivity contribution in [3.63, 3.8) is 0 Å². The average molecular weight is 364 g/mol. The van der Waals surface area contributed by atoms with Crippen molar-refractivity contribution in [3.05, 3.63) is 94.5 Å². The second-order valence-corrected chi connectivity index (χ2v) is 6.76. The van der Waals surface area contributed by atoms with Gasteiger partial charge in [0.05, 0.1) is 19.6 Å². The number of benzene rings is 3. The van der Waals surface area contributed by atoms with Gasteiger partial charge in [0, 0.05) is 10.7 Å². The smallest absolute Gasteiger partial charge is 0.239 e. The molecule has 0 aromatic heterocycles. The van der Waals surface area contributed by atoms with Gasteiger partial charge >= 0.3 is 0 Å². The largest absolute Gasteiger partial charge is 0.497 e. The second-order valence-electron chi connectivity index (χ2n) is 6.32. The van der Waals surface area contributed by atoms with E-state index in [1.165, 1.54) is 0 Å². The van der Waals surface area contributed by atoms with Crippen LogP contribution >= 0.6 is 11.6 Å². The summed E-state index contributed by atoms with van der Waals surface area (Å²) in [4.78, 5) is 15.2. The first-order chi connectivity index (χ1) is 12.7. The molecule has 3 nitrogen and oxygen atoms in total. The molecule has 1 aliphatic rings. The van der Waals surface area contributed by atoms with Gasteiger partial charge in [-0.25, -0.2) is 0 Å². The molecule has 0 bridgehead atoms. The van der Waals surface area contributed by atoms with E-state index in [1.807, 2.05) is 77.7 Å². The maximum Gasteiger partial charge on any atom is 0.239 e. The van der Waals surface area contributed by atoms with Gasteiger partial charge in [-0.15, -0.1) is 0 Å². The highest BCUT2D eigenvalue weighted by atomic mass is 35.5. The Morgan fingerprint density at radius 3 is 2.58 bits per heavy atom. The van der Waals surface area contributed by atoms with Crippen LogP contribution in [0.1, 0.15) is 22.6 Å². The first-order valence-corrected chi connectivity index (χ1v) is 8.84. The fraction of sp³-hybridized carbons (Fsp3) is 0.136. The fourth-order valence-electron chi connectivity index (χ4n) is 3.48. The number of nitrogens with zero attached hydrogens (tertiary/aromatic N) is 1. The Morgan fingerprint density at radius 1 is 1.00 bits per heavy atom. The normalized spacial score (nSPS) is 15.8. The average Bonchev–Trinajstić information content (AvgIpc) is 2.93. The van der Waals surface area contributed by atoms with Crippen LogP contribution in [0.4, 0.5) is 5.69 Å². The molecule has 4 heteroatoms. The Bertz CT molecular complexity index is 955. The number of amides is 1. The van der Waals surface area contributed by atoms with E-state index in [4.69, 9.17) is 16.3 Å². The second kappa shape index (κ2) is 6.85. The van der Waals surface area contributed by atoms with Crippen LogP contribution < -0.4 is 9.64 Å². The summed E-state index contributed by atoms with van der Waals surface area (Å²) in [6, 6.07) is 23.3. The van der Waals surface area contributed by atoms with E-state index in [0.717, 1.165) is 28.1 Å². The van der Waals surface area contributed by atoms with E-state index in [9.17, 15) is 4.79 Å². The van der Waals surface area contributed by atoms with Gasteiger partial charge in [-0.3, -0.25) is 4.79 Å². The Hall–Kier alpha value is -2.78. The van der Waals surface area contributed by atoms with Gasteiger partial charge in [-0.1, -0.05) is 54.1 Å². The van der Waals surface area contributed by atoms with Crippen LogP contribution in [-0.4, -0.2) is 13.0 Å². The van der Waals surface area contributed by atoms with Crippen molar-refractivity contribution >= 4 is 23.2 Å². The van der Waals surface area contributed by atoms with E-state index in [0.29, 0.717) is 11.6 Å². The van der Waals surface area contributed by atoms with E-state index in [1.54, 1.807) is 7.11 Å². The van der Waals surface area contributed by atoms with Crippen LogP contribution in [-0.2, 0) is 11.3 Å². The summed E-state index contributed by atoms with van der Waals surface area (Å²) in [7, 11) is 1.63. The molecule has 0 N–H and O–H groups in total. The molecule has 3 aromatic rings. The molecule has 1 heterocycles. The quantitative estimate of drug-likeness (QED) is 0.650. The third kappa shape index (κ3) is 2.95. The molecule has 0 saturated heterocycles. The maximum atomic E-state index is 13.3. The molecule has 1 amide bonds. The highest BCUT2D eigenvalue weighted by molar-refractivity contribution is 6.31. The monoisotopic (exact) mass is 363 g/mol. The number of methoxy groups -OCH3 is 1. The molecule has 26 heavy (non-hydrogen) atoms. The number of rotatable bonds is 4. The molecule has 0 aliphatic carbocycles. The Labute approximate surface area is 157 Å². The Morgan fingerprint density at radius 2 is 1.81 bits per heavy atom. The first-order valence-electron chi connectivity index (χ1n) is 8.46. The van der Waals surface area contributed by atoms with E-state index in [2.05, 4.69) is 0 Å². The zero-order valence-corrected chi connectivity index (χ0v) is 15.1. The minimum Gasteiger partial charge on any atom is -0.497 e. The molecule has 0 spiro atoms. The van der Waals surface area contributed by atoms with Gasteiger partial charge in [0.1, 0.15) is 5.75 Å². The number of fused-ring (bicyclic) bond motifs is 1. The lowest BCUT2D eigenvalue weighted by atomic mass is 9.92. The van der Waals surface area contributed by atoms with Crippen molar-refractivity contribution in [2.45, 2.75) is 12.5 Å². The Kier molecular flexibility index (Phi) is 4.39. The van der Waals surface area contributed by atoms with Crippen molar-refractivity contribution in [3.8, 4) is 5.75 Å². The summed E-state index contributed by atoms with van der Waals surface area (Å²) >= 11 is 6.24. The molecule has 3 aromatic carbocycles. The third-order valence-electron chi connectivity index (χ3n) is 4.71. The molecule has 1 aliphatic heterocycles. The Balaban J connectivity index is 1.79. The van der Waals surface area contributed by atoms with Crippen LogP contribution in [0.5, 0.6) is 5.75 Å². The van der Waals surface area contributed by atoms with Crippen molar-refractivity contribution in [2.24, 2.45) is 0 Å². The summed E-state index contributed by atoms with van der Waals surface area (Å²) in [5.41, 5.74) is 3.85. The molecule has 0 fully saturated rings. The molecule has 0 saturated carbocycles. The van der Waals surface area contributed by atoms with Gasteiger partial charge in [-0.2, -0.15) is 0 Å². The van der Waals surface area contributed by atoms with Gasteiger partial charge in [-0.05, 0) is 47.0 Å². The standard InChI is InChI=1S/C22H18ClNO2/c1-26-18-9-5-8-16(12-18)21-19-13-17(23)10-11-20(19)24(22(21)25)14-15-6-3-2-4-7-15/h2-13,21H,14H2,1H3. The zero-order valence-electron chi connectivity index (χ0n) is 14.4. The lowest BCUT2D eigenvalue weighted by Gasteiger charge is -2.18. The SMILES string of the molecule is COc1cccc(C2C(=O)N(Cc3ccccc3)c3ccc(Cl)cc32)c1. The number of halogens is 1. The highest BCUT2D eigenvalue weighted by Crippen LogP contribution is 2.43. The van der Waals surface area contributed by atoms with Crippen molar-refractivity contribution < 1.29 is 9.53 Å². The molecular formula is C22H18ClNO2. The lowest BCUT2D eigenvalue weighted by molar-refractivity contribution is -0.118. The molecule has 130 valence electrons. The summed E-state index contributed by atoms with van der Waals surface area (Å²) in [5.74, 6) is 0.419. The third-order valence-corrected chi connectivity index (χ3v) is 4.95. The summed E-state index contributed by atoms with van der Waals surface area (Å²) in [5, 5.41) is 0.631. The lowest BCUT2D eigenvalue weighted by Crippen LogP contribution is -2.28. The molecule has 0 radical (unpaired) electrons. The van der Waals surface area contributed by atoms with E-state index >= 15 is 0 Å². The van der Waals surface area contributed by atoms with Crippen molar-refractivity contribution in [1.29, 1.82) is 0 Å². The van der Waals surface area contributed by atoms with Crippen LogP contribution in [0, 0.1) is 0 Å². The predicted octanol–water partition coefficient (Wildman–Crippen LogP) is 5.03.